The van der Waals surface area contributed by atoms with Crippen molar-refractivity contribution in [1.82, 2.24) is 19.1 Å². The van der Waals surface area contributed by atoms with Crippen LogP contribution in [0, 0.1) is 0 Å². The van der Waals surface area contributed by atoms with Crippen molar-refractivity contribution in [1.29, 1.82) is 0 Å². The zero-order valence-electron chi connectivity index (χ0n) is 16.7. The van der Waals surface area contributed by atoms with Crippen LogP contribution in [-0.2, 0) is 7.05 Å². The Bertz CT molecular complexity index is 1100. The number of nitrogens with zero attached hydrogens (tertiary/aromatic N) is 5. The number of fused-ring (bicyclic) bond motifs is 1. The van der Waals surface area contributed by atoms with Crippen molar-refractivity contribution in [2.75, 3.05) is 23.3 Å². The van der Waals surface area contributed by atoms with Crippen molar-refractivity contribution >= 4 is 28.5 Å². The van der Waals surface area contributed by atoms with Crippen LogP contribution in [0.4, 0.5) is 17.5 Å². The number of nitrogens with one attached hydrogen (secondary N) is 1. The van der Waals surface area contributed by atoms with Crippen LogP contribution in [-0.4, -0.2) is 38.2 Å². The van der Waals surface area contributed by atoms with Gasteiger partial charge in [-0.1, -0.05) is 18.9 Å². The molecule has 8 heteroatoms. The molecule has 1 saturated heterocycles. The number of nitrogens with two attached hydrogens (primary N) is 1. The molecule has 4 heterocycles. The highest BCUT2D eigenvalue weighted by Crippen LogP contribution is 2.31. The predicted molar refractivity (Wildman–Crippen MR) is 115 cm³/mol. The Hall–Kier alpha value is -2.87. The molecule has 2 aliphatic rings. The summed E-state index contributed by atoms with van der Waals surface area (Å²) >= 11 is 0. The maximum absolute atomic E-state index is 12.8. The van der Waals surface area contributed by atoms with Crippen molar-refractivity contribution < 1.29 is 0 Å². The summed E-state index contributed by atoms with van der Waals surface area (Å²) in [5, 5.41) is 3.31. The van der Waals surface area contributed by atoms with Crippen LogP contribution in [0.25, 0.3) is 11.0 Å². The highest BCUT2D eigenvalue weighted by Gasteiger charge is 2.23. The fraction of sp³-hybridized carbons (Fsp3) is 0.476. The highest BCUT2D eigenvalue weighted by molar-refractivity contribution is 5.79. The van der Waals surface area contributed by atoms with Gasteiger partial charge in [-0.3, -0.25) is 9.13 Å². The molecule has 0 radical (unpaired) electrons. The average molecular weight is 393 g/mol. The van der Waals surface area contributed by atoms with Crippen LogP contribution in [0.1, 0.15) is 38.1 Å². The summed E-state index contributed by atoms with van der Waals surface area (Å²) in [5.74, 6) is 2.35. The normalized spacial score (nSPS) is 20.1. The van der Waals surface area contributed by atoms with Crippen molar-refractivity contribution in [2.45, 2.75) is 44.2 Å². The first-order valence-corrected chi connectivity index (χ1v) is 10.4. The molecule has 3 aromatic heterocycles. The van der Waals surface area contributed by atoms with E-state index < -0.39 is 0 Å². The van der Waals surface area contributed by atoms with E-state index in [4.69, 9.17) is 10.7 Å². The maximum Gasteiger partial charge on any atom is 0.329 e. The molecule has 152 valence electrons. The van der Waals surface area contributed by atoms with Crippen molar-refractivity contribution in [2.24, 2.45) is 12.8 Å². The standard InChI is InChI=1S/C21H27N7O/c1-26-17-12-23-19(11-16(17)28(21(26)29)15-5-2-3-6-15)24-18-7-4-8-20(25-18)27-10-9-14(22)13-27/h4,7-8,11-12,14-15H,2-3,5-6,9-10,13,22H2,1H3,(H,23,24,25). The maximum atomic E-state index is 12.8. The lowest BCUT2D eigenvalue weighted by atomic mass is 10.2. The first kappa shape index (κ1) is 18.2. The SMILES string of the molecule is Cn1c(=O)n(C2CCCC2)c2cc(Nc3cccc(N4CCC(N)C4)n3)ncc21. The van der Waals surface area contributed by atoms with Crippen LogP contribution in [0.15, 0.2) is 35.3 Å². The molecular weight excluding hydrogens is 366 g/mol. The Morgan fingerprint density at radius 2 is 1.97 bits per heavy atom. The van der Waals surface area contributed by atoms with Crippen LogP contribution < -0.4 is 21.6 Å². The van der Waals surface area contributed by atoms with Crippen molar-refractivity contribution in [3.05, 3.63) is 40.9 Å². The smallest absolute Gasteiger partial charge is 0.329 e. The van der Waals surface area contributed by atoms with Gasteiger partial charge < -0.3 is 16.0 Å². The molecule has 1 unspecified atom stereocenters. The monoisotopic (exact) mass is 393 g/mol. The summed E-state index contributed by atoms with van der Waals surface area (Å²) < 4.78 is 3.64. The molecule has 1 aliphatic heterocycles. The molecule has 0 amide bonds. The van der Waals surface area contributed by atoms with Gasteiger partial charge in [-0.15, -0.1) is 0 Å². The Kier molecular flexibility index (Phi) is 4.50. The van der Waals surface area contributed by atoms with Gasteiger partial charge in [0.25, 0.3) is 0 Å². The fourth-order valence-corrected chi connectivity index (χ4v) is 4.64. The van der Waals surface area contributed by atoms with E-state index in [1.807, 2.05) is 35.9 Å². The van der Waals surface area contributed by atoms with Crippen LogP contribution in [0.2, 0.25) is 0 Å². The molecule has 5 rings (SSSR count). The summed E-state index contributed by atoms with van der Waals surface area (Å²) in [6.45, 7) is 1.76. The number of rotatable bonds is 4. The van der Waals surface area contributed by atoms with Gasteiger partial charge >= 0.3 is 5.69 Å². The van der Waals surface area contributed by atoms with Gasteiger partial charge in [0, 0.05) is 38.3 Å². The van der Waals surface area contributed by atoms with Crippen LogP contribution in [0.3, 0.4) is 0 Å². The highest BCUT2D eigenvalue weighted by atomic mass is 16.1. The molecule has 1 aliphatic carbocycles. The quantitative estimate of drug-likeness (QED) is 0.707. The first-order chi connectivity index (χ1) is 14.1. The molecule has 0 spiro atoms. The number of imidazole rings is 1. The number of hydrogen-bond donors (Lipinski definition) is 2. The number of anilines is 3. The summed E-state index contributed by atoms with van der Waals surface area (Å²) in [4.78, 5) is 24.3. The predicted octanol–water partition coefficient (Wildman–Crippen LogP) is 2.53. The second-order valence-electron chi connectivity index (χ2n) is 8.21. The fourth-order valence-electron chi connectivity index (χ4n) is 4.64. The summed E-state index contributed by atoms with van der Waals surface area (Å²) in [6.07, 6.45) is 7.25. The number of hydrogen-bond acceptors (Lipinski definition) is 6. The lowest BCUT2D eigenvalue weighted by Gasteiger charge is -2.17. The Morgan fingerprint density at radius 1 is 1.14 bits per heavy atom. The molecule has 29 heavy (non-hydrogen) atoms. The summed E-state index contributed by atoms with van der Waals surface area (Å²) in [7, 11) is 1.82. The van der Waals surface area contributed by atoms with Crippen LogP contribution in [0.5, 0.6) is 0 Å². The van der Waals surface area contributed by atoms with E-state index in [0.717, 1.165) is 55.0 Å². The van der Waals surface area contributed by atoms with E-state index in [0.29, 0.717) is 5.82 Å². The minimum absolute atomic E-state index is 0.0383. The van der Waals surface area contributed by atoms with E-state index in [9.17, 15) is 4.79 Å². The van der Waals surface area contributed by atoms with Gasteiger partial charge in [-0.05, 0) is 31.4 Å². The molecular formula is C21H27N7O. The third-order valence-corrected chi connectivity index (χ3v) is 6.20. The Balaban J connectivity index is 1.47. The molecule has 8 nitrogen and oxygen atoms in total. The number of aromatic nitrogens is 4. The topological polar surface area (TPSA) is 94.0 Å². The average Bonchev–Trinajstić information content (AvgIpc) is 3.44. The Labute approximate surface area is 169 Å². The van der Waals surface area contributed by atoms with Crippen LogP contribution >= 0.6 is 0 Å². The molecule has 2 fully saturated rings. The van der Waals surface area contributed by atoms with Crippen molar-refractivity contribution in [3.63, 3.8) is 0 Å². The molecule has 0 bridgehead atoms. The van der Waals surface area contributed by atoms with Gasteiger partial charge in [-0.25, -0.2) is 14.8 Å². The lowest BCUT2D eigenvalue weighted by Crippen LogP contribution is -2.26. The zero-order chi connectivity index (χ0) is 20.0. The third kappa shape index (κ3) is 3.27. The summed E-state index contributed by atoms with van der Waals surface area (Å²) in [6, 6.07) is 8.39. The van der Waals surface area contributed by atoms with Gasteiger partial charge in [0.15, 0.2) is 0 Å². The molecule has 1 saturated carbocycles. The third-order valence-electron chi connectivity index (χ3n) is 6.20. The number of pyridine rings is 2. The lowest BCUT2D eigenvalue weighted by molar-refractivity contribution is 0.509. The Morgan fingerprint density at radius 3 is 2.72 bits per heavy atom. The van der Waals surface area contributed by atoms with E-state index in [-0.39, 0.29) is 17.8 Å². The largest absolute Gasteiger partial charge is 0.355 e. The molecule has 3 aromatic rings. The minimum Gasteiger partial charge on any atom is -0.355 e. The van der Waals surface area contributed by atoms with Gasteiger partial charge in [0.2, 0.25) is 0 Å². The molecule has 3 N–H and O–H groups in total. The molecule has 0 aromatic carbocycles. The molecule has 1 atom stereocenters. The first-order valence-electron chi connectivity index (χ1n) is 10.4. The van der Waals surface area contributed by atoms with Gasteiger partial charge in [0.1, 0.15) is 17.5 Å². The van der Waals surface area contributed by atoms with Gasteiger partial charge in [0.05, 0.1) is 17.2 Å². The number of aryl methyl sites for hydroxylation is 1. The van der Waals surface area contributed by atoms with E-state index in [1.54, 1.807) is 10.8 Å². The van der Waals surface area contributed by atoms with Crippen molar-refractivity contribution in [3.8, 4) is 0 Å². The minimum atomic E-state index is 0.0383. The second-order valence-corrected chi connectivity index (χ2v) is 8.21. The second kappa shape index (κ2) is 7.18. The van der Waals surface area contributed by atoms with E-state index in [2.05, 4.69) is 15.2 Å². The summed E-state index contributed by atoms with van der Waals surface area (Å²) in [5.41, 5.74) is 7.87. The zero-order valence-corrected chi connectivity index (χ0v) is 16.7. The van der Waals surface area contributed by atoms with Gasteiger partial charge in [-0.2, -0.15) is 0 Å². The van der Waals surface area contributed by atoms with E-state index >= 15 is 0 Å². The van der Waals surface area contributed by atoms with E-state index in [1.165, 1.54) is 12.8 Å².